The van der Waals surface area contributed by atoms with Crippen LogP contribution in [0.5, 0.6) is 0 Å². The van der Waals surface area contributed by atoms with Crippen LogP contribution in [0.3, 0.4) is 0 Å². The van der Waals surface area contributed by atoms with E-state index in [1.807, 2.05) is 47.0 Å². The quantitative estimate of drug-likeness (QED) is 0.746. The van der Waals surface area contributed by atoms with E-state index in [0.29, 0.717) is 10.6 Å². The number of para-hydroxylation sites is 1. The molecule has 0 aliphatic carbocycles. The lowest BCUT2D eigenvalue weighted by molar-refractivity contribution is 0.682. The van der Waals surface area contributed by atoms with Crippen molar-refractivity contribution in [2.45, 2.75) is 13.0 Å². The molecule has 0 amide bonds. The Morgan fingerprint density at radius 1 is 1.00 bits per heavy atom. The van der Waals surface area contributed by atoms with Gasteiger partial charge in [0.2, 0.25) is 4.77 Å². The van der Waals surface area contributed by atoms with Gasteiger partial charge in [0.05, 0.1) is 5.52 Å². The standard InChI is InChI=1S/C16H15N3S/c17-15-13-8-4-5-9-14(13)18-16(20)19(15)11-10-12-6-2-1-3-7-12/h1-9H,10-11,17H2. The van der Waals surface area contributed by atoms with Crippen LogP contribution >= 0.6 is 12.2 Å². The molecule has 2 N–H and O–H groups in total. The number of nitrogens with two attached hydrogens (primary N) is 1. The van der Waals surface area contributed by atoms with Gasteiger partial charge < -0.3 is 10.3 Å². The fourth-order valence-corrected chi connectivity index (χ4v) is 2.59. The van der Waals surface area contributed by atoms with Crippen molar-refractivity contribution in [3.63, 3.8) is 0 Å². The van der Waals surface area contributed by atoms with Crippen molar-refractivity contribution in [3.05, 3.63) is 64.9 Å². The molecule has 0 bridgehead atoms. The Hall–Kier alpha value is -2.20. The number of hydrogen-bond donors (Lipinski definition) is 1. The van der Waals surface area contributed by atoms with Gasteiger partial charge in [-0.1, -0.05) is 42.5 Å². The fourth-order valence-electron chi connectivity index (χ4n) is 2.30. The second-order valence-corrected chi connectivity index (χ2v) is 5.05. The summed E-state index contributed by atoms with van der Waals surface area (Å²) in [5.74, 6) is 0.691. The van der Waals surface area contributed by atoms with Gasteiger partial charge in [0, 0.05) is 11.9 Å². The summed E-state index contributed by atoms with van der Waals surface area (Å²) in [4.78, 5) is 4.45. The van der Waals surface area contributed by atoms with Gasteiger partial charge >= 0.3 is 0 Å². The molecule has 100 valence electrons. The smallest absolute Gasteiger partial charge is 0.201 e. The van der Waals surface area contributed by atoms with Gasteiger partial charge in [-0.3, -0.25) is 0 Å². The van der Waals surface area contributed by atoms with Crippen molar-refractivity contribution in [2.24, 2.45) is 0 Å². The normalized spacial score (nSPS) is 10.8. The molecule has 3 rings (SSSR count). The minimum absolute atomic E-state index is 0.539. The van der Waals surface area contributed by atoms with Gasteiger partial charge in [0.15, 0.2) is 0 Å². The molecule has 2 aromatic carbocycles. The SMILES string of the molecule is Nc1c2ccccc2nc(=S)n1CCc1ccccc1. The predicted octanol–water partition coefficient (Wildman–Crippen LogP) is 3.59. The van der Waals surface area contributed by atoms with Gasteiger partial charge in [-0.25, -0.2) is 4.98 Å². The summed E-state index contributed by atoms with van der Waals surface area (Å²) in [5, 5.41) is 0.953. The topological polar surface area (TPSA) is 43.8 Å². The molecule has 0 saturated heterocycles. The van der Waals surface area contributed by atoms with Gasteiger partial charge in [0.1, 0.15) is 5.82 Å². The highest BCUT2D eigenvalue weighted by Gasteiger charge is 2.06. The molecule has 3 aromatic rings. The van der Waals surface area contributed by atoms with E-state index in [1.165, 1.54) is 5.56 Å². The number of aryl methyl sites for hydroxylation is 1. The monoisotopic (exact) mass is 281 g/mol. The van der Waals surface area contributed by atoms with Crippen molar-refractivity contribution in [3.8, 4) is 0 Å². The maximum atomic E-state index is 6.24. The Balaban J connectivity index is 1.97. The van der Waals surface area contributed by atoms with E-state index >= 15 is 0 Å². The van der Waals surface area contributed by atoms with Crippen LogP contribution in [0.2, 0.25) is 0 Å². The number of aromatic nitrogens is 2. The molecule has 0 radical (unpaired) electrons. The molecule has 4 heteroatoms. The first kappa shape index (κ1) is 12.8. The number of nitrogens with zero attached hydrogens (tertiary/aromatic N) is 2. The summed E-state index contributed by atoms with van der Waals surface area (Å²) in [6.07, 6.45) is 0.888. The number of hydrogen-bond acceptors (Lipinski definition) is 3. The average Bonchev–Trinajstić information content (AvgIpc) is 2.48. The second kappa shape index (κ2) is 5.43. The molecule has 0 unspecified atom stereocenters. The molecule has 20 heavy (non-hydrogen) atoms. The summed E-state index contributed by atoms with van der Waals surface area (Å²) in [5.41, 5.74) is 8.36. The maximum absolute atomic E-state index is 6.24. The Morgan fingerprint density at radius 2 is 1.70 bits per heavy atom. The molecule has 0 aliphatic heterocycles. The minimum atomic E-state index is 0.539. The zero-order valence-corrected chi connectivity index (χ0v) is 11.8. The first-order chi connectivity index (χ1) is 9.75. The first-order valence-corrected chi connectivity index (χ1v) is 6.95. The van der Waals surface area contributed by atoms with E-state index in [9.17, 15) is 0 Å². The van der Waals surface area contributed by atoms with Crippen LogP contribution < -0.4 is 5.73 Å². The highest BCUT2D eigenvalue weighted by atomic mass is 32.1. The van der Waals surface area contributed by atoms with Crippen molar-refractivity contribution >= 4 is 28.9 Å². The molecule has 0 spiro atoms. The van der Waals surface area contributed by atoms with E-state index in [4.69, 9.17) is 18.0 Å². The molecule has 0 fully saturated rings. The maximum Gasteiger partial charge on any atom is 0.201 e. The molecule has 1 heterocycles. The minimum Gasteiger partial charge on any atom is -0.384 e. The van der Waals surface area contributed by atoms with Crippen molar-refractivity contribution < 1.29 is 0 Å². The van der Waals surface area contributed by atoms with Crippen LogP contribution in [-0.2, 0) is 13.0 Å². The lowest BCUT2D eigenvalue weighted by Gasteiger charge is -2.12. The van der Waals surface area contributed by atoms with Crippen LogP contribution in [0, 0.1) is 4.77 Å². The Bertz CT molecular complexity index is 794. The third-order valence-corrected chi connectivity index (χ3v) is 3.70. The molecule has 3 nitrogen and oxygen atoms in total. The highest BCUT2D eigenvalue weighted by Crippen LogP contribution is 2.19. The summed E-state index contributed by atoms with van der Waals surface area (Å²) < 4.78 is 2.45. The van der Waals surface area contributed by atoms with Crippen LogP contribution in [-0.4, -0.2) is 9.55 Å². The summed E-state index contributed by atoms with van der Waals surface area (Å²) >= 11 is 5.35. The fraction of sp³-hybridized carbons (Fsp3) is 0.125. The van der Waals surface area contributed by atoms with Gasteiger partial charge in [-0.2, -0.15) is 0 Å². The molecule has 0 saturated carbocycles. The number of benzene rings is 2. The van der Waals surface area contributed by atoms with Crippen molar-refractivity contribution in [1.82, 2.24) is 9.55 Å². The Labute approximate surface area is 122 Å². The van der Waals surface area contributed by atoms with Crippen LogP contribution in [0.15, 0.2) is 54.6 Å². The van der Waals surface area contributed by atoms with Crippen LogP contribution in [0.25, 0.3) is 10.9 Å². The number of anilines is 1. The Kier molecular flexibility index (Phi) is 3.48. The highest BCUT2D eigenvalue weighted by molar-refractivity contribution is 7.71. The van der Waals surface area contributed by atoms with Crippen molar-refractivity contribution in [2.75, 3.05) is 5.73 Å². The van der Waals surface area contributed by atoms with E-state index in [2.05, 4.69) is 17.1 Å². The predicted molar refractivity (Wildman–Crippen MR) is 85.1 cm³/mol. The van der Waals surface area contributed by atoms with E-state index in [-0.39, 0.29) is 0 Å². The van der Waals surface area contributed by atoms with E-state index in [0.717, 1.165) is 23.9 Å². The second-order valence-electron chi connectivity index (χ2n) is 4.68. The summed E-state index contributed by atoms with van der Waals surface area (Å²) in [6.45, 7) is 0.743. The van der Waals surface area contributed by atoms with Crippen LogP contribution in [0.1, 0.15) is 5.56 Å². The molecular formula is C16H15N3S. The average molecular weight is 281 g/mol. The summed E-state index contributed by atoms with van der Waals surface area (Å²) in [7, 11) is 0. The van der Waals surface area contributed by atoms with E-state index < -0.39 is 0 Å². The molecule has 0 atom stereocenters. The van der Waals surface area contributed by atoms with E-state index in [1.54, 1.807) is 0 Å². The molecular weight excluding hydrogens is 266 g/mol. The zero-order valence-electron chi connectivity index (χ0n) is 11.0. The number of fused-ring (bicyclic) bond motifs is 1. The molecule has 0 aliphatic rings. The largest absolute Gasteiger partial charge is 0.384 e. The van der Waals surface area contributed by atoms with Crippen molar-refractivity contribution in [1.29, 1.82) is 0 Å². The lowest BCUT2D eigenvalue weighted by atomic mass is 10.1. The van der Waals surface area contributed by atoms with Gasteiger partial charge in [0.25, 0.3) is 0 Å². The van der Waals surface area contributed by atoms with Gasteiger partial charge in [-0.05, 0) is 36.3 Å². The number of nitrogen functional groups attached to an aromatic ring is 1. The molecule has 1 aromatic heterocycles. The third-order valence-electron chi connectivity index (χ3n) is 3.38. The first-order valence-electron chi connectivity index (χ1n) is 6.55. The van der Waals surface area contributed by atoms with Crippen LogP contribution in [0.4, 0.5) is 5.82 Å². The Morgan fingerprint density at radius 3 is 2.50 bits per heavy atom. The lowest BCUT2D eigenvalue weighted by Crippen LogP contribution is -2.11. The summed E-state index contributed by atoms with van der Waals surface area (Å²) in [6, 6.07) is 18.1. The third kappa shape index (κ3) is 2.42. The number of rotatable bonds is 3. The zero-order chi connectivity index (χ0) is 13.9. The van der Waals surface area contributed by atoms with Gasteiger partial charge in [-0.15, -0.1) is 0 Å².